The van der Waals surface area contributed by atoms with E-state index in [2.05, 4.69) is 0 Å². The molecule has 0 aromatic heterocycles. The molecule has 0 aliphatic carbocycles. The molecule has 0 heterocycles. The molecular formula is C11H13ClF5N. The molecule has 1 rings (SSSR count). The summed E-state index contributed by atoms with van der Waals surface area (Å²) in [5.74, 6) is -10.2. The first-order chi connectivity index (χ1) is 7.82. The molecule has 1 unspecified atom stereocenters. The Morgan fingerprint density at radius 2 is 1.22 bits per heavy atom. The fourth-order valence-corrected chi connectivity index (χ4v) is 1.45. The minimum Gasteiger partial charge on any atom is -0.324 e. The van der Waals surface area contributed by atoms with Crippen molar-refractivity contribution in [3.05, 3.63) is 34.6 Å². The third-order valence-electron chi connectivity index (χ3n) is 2.83. The Morgan fingerprint density at radius 3 is 1.56 bits per heavy atom. The van der Waals surface area contributed by atoms with Crippen LogP contribution in [-0.4, -0.2) is 0 Å². The summed E-state index contributed by atoms with van der Waals surface area (Å²) in [4.78, 5) is 0. The maximum absolute atomic E-state index is 13.3. The van der Waals surface area contributed by atoms with Crippen molar-refractivity contribution >= 4 is 12.4 Å². The van der Waals surface area contributed by atoms with Gasteiger partial charge in [-0.25, -0.2) is 22.0 Å². The SMILES string of the molecule is CCC(C)[C@H](N)c1c(F)c(F)c(F)c(F)c1F.Cl. The fourth-order valence-electron chi connectivity index (χ4n) is 1.45. The van der Waals surface area contributed by atoms with Crippen molar-refractivity contribution in [3.63, 3.8) is 0 Å². The van der Waals surface area contributed by atoms with Crippen LogP contribution in [0, 0.1) is 35.0 Å². The summed E-state index contributed by atoms with van der Waals surface area (Å²) in [5.41, 5.74) is 4.55. The van der Waals surface area contributed by atoms with Crippen molar-refractivity contribution in [1.82, 2.24) is 0 Å². The van der Waals surface area contributed by atoms with Gasteiger partial charge in [0.15, 0.2) is 23.3 Å². The number of benzene rings is 1. The quantitative estimate of drug-likeness (QED) is 0.510. The third kappa shape index (κ3) is 2.75. The lowest BCUT2D eigenvalue weighted by atomic mass is 9.92. The van der Waals surface area contributed by atoms with Gasteiger partial charge >= 0.3 is 0 Å². The normalized spacial score (nSPS) is 14.0. The van der Waals surface area contributed by atoms with Gasteiger partial charge in [-0.3, -0.25) is 0 Å². The van der Waals surface area contributed by atoms with Crippen molar-refractivity contribution in [3.8, 4) is 0 Å². The van der Waals surface area contributed by atoms with Gasteiger partial charge in [0.25, 0.3) is 0 Å². The summed E-state index contributed by atoms with van der Waals surface area (Å²) in [6.45, 7) is 3.28. The molecule has 0 saturated carbocycles. The average molecular weight is 290 g/mol. The lowest BCUT2D eigenvalue weighted by Crippen LogP contribution is -2.23. The fraction of sp³-hybridized carbons (Fsp3) is 0.455. The highest BCUT2D eigenvalue weighted by Gasteiger charge is 2.30. The highest BCUT2D eigenvalue weighted by molar-refractivity contribution is 5.85. The topological polar surface area (TPSA) is 26.0 Å². The zero-order chi connectivity index (χ0) is 13.3. The van der Waals surface area contributed by atoms with Crippen molar-refractivity contribution in [2.24, 2.45) is 11.7 Å². The predicted octanol–water partition coefficient (Wildman–Crippen LogP) is 3.85. The molecule has 1 nitrogen and oxygen atoms in total. The van der Waals surface area contributed by atoms with E-state index in [1.54, 1.807) is 13.8 Å². The molecule has 0 aliphatic heterocycles. The molecular weight excluding hydrogens is 277 g/mol. The lowest BCUT2D eigenvalue weighted by molar-refractivity contribution is 0.346. The third-order valence-corrected chi connectivity index (χ3v) is 2.83. The van der Waals surface area contributed by atoms with Gasteiger partial charge in [0, 0.05) is 11.6 Å². The van der Waals surface area contributed by atoms with Crippen LogP contribution < -0.4 is 5.73 Å². The van der Waals surface area contributed by atoms with Gasteiger partial charge in [0.05, 0.1) is 0 Å². The standard InChI is InChI=1S/C11H12F5N.ClH/c1-3-4(2)11(17)5-6(12)8(14)10(16)9(15)7(5)13;/h4,11H,3,17H2,1-2H3;1H/t4?,11-;/m0./s1. The Labute approximate surface area is 108 Å². The van der Waals surface area contributed by atoms with Crippen LogP contribution in [0.25, 0.3) is 0 Å². The molecule has 1 aromatic rings. The molecule has 7 heteroatoms. The molecule has 0 amide bonds. The summed E-state index contributed by atoms with van der Waals surface area (Å²) < 4.78 is 65.3. The summed E-state index contributed by atoms with van der Waals surface area (Å²) >= 11 is 0. The van der Waals surface area contributed by atoms with Crippen molar-refractivity contribution in [2.45, 2.75) is 26.3 Å². The van der Waals surface area contributed by atoms with E-state index in [9.17, 15) is 22.0 Å². The minimum atomic E-state index is -2.17. The summed E-state index contributed by atoms with van der Waals surface area (Å²) in [6, 6.07) is -1.23. The second-order valence-electron chi connectivity index (χ2n) is 3.89. The smallest absolute Gasteiger partial charge is 0.200 e. The Kier molecular flexibility index (Phi) is 6.02. The largest absolute Gasteiger partial charge is 0.324 e. The maximum Gasteiger partial charge on any atom is 0.200 e. The molecule has 2 atom stereocenters. The molecule has 0 bridgehead atoms. The van der Waals surface area contributed by atoms with Crippen LogP contribution in [0.2, 0.25) is 0 Å². The van der Waals surface area contributed by atoms with Crippen LogP contribution in [0.1, 0.15) is 31.9 Å². The van der Waals surface area contributed by atoms with Crippen molar-refractivity contribution in [1.29, 1.82) is 0 Å². The molecule has 18 heavy (non-hydrogen) atoms. The highest BCUT2D eigenvalue weighted by Crippen LogP contribution is 2.30. The summed E-state index contributed by atoms with van der Waals surface area (Å²) in [6.07, 6.45) is 0.459. The Bertz CT molecular complexity index is 409. The van der Waals surface area contributed by atoms with E-state index in [-0.39, 0.29) is 12.4 Å². The molecule has 0 aliphatic rings. The van der Waals surface area contributed by atoms with E-state index in [1.165, 1.54) is 0 Å². The first kappa shape index (κ1) is 17.1. The second kappa shape index (κ2) is 6.33. The number of halogens is 6. The molecule has 2 N–H and O–H groups in total. The van der Waals surface area contributed by atoms with Crippen LogP contribution in [0.3, 0.4) is 0 Å². The molecule has 104 valence electrons. The van der Waals surface area contributed by atoms with E-state index >= 15 is 0 Å². The Morgan fingerprint density at radius 1 is 0.889 bits per heavy atom. The summed E-state index contributed by atoms with van der Waals surface area (Å²) in [7, 11) is 0. The van der Waals surface area contributed by atoms with Crippen molar-refractivity contribution in [2.75, 3.05) is 0 Å². The van der Waals surface area contributed by atoms with Gasteiger partial charge in [-0.05, 0) is 5.92 Å². The van der Waals surface area contributed by atoms with Crippen LogP contribution >= 0.6 is 12.4 Å². The minimum absolute atomic E-state index is 0. The first-order valence-electron chi connectivity index (χ1n) is 5.09. The van der Waals surface area contributed by atoms with Gasteiger partial charge in [-0.1, -0.05) is 20.3 Å². The number of hydrogen-bond donors (Lipinski definition) is 1. The van der Waals surface area contributed by atoms with Gasteiger partial charge in [-0.2, -0.15) is 0 Å². The van der Waals surface area contributed by atoms with Gasteiger partial charge in [-0.15, -0.1) is 12.4 Å². The van der Waals surface area contributed by atoms with E-state index in [4.69, 9.17) is 5.73 Å². The molecule has 0 spiro atoms. The first-order valence-corrected chi connectivity index (χ1v) is 5.09. The zero-order valence-corrected chi connectivity index (χ0v) is 10.6. The maximum atomic E-state index is 13.3. The molecule has 0 saturated heterocycles. The molecule has 0 radical (unpaired) electrons. The van der Waals surface area contributed by atoms with Gasteiger partial charge in [0.2, 0.25) is 5.82 Å². The Balaban J connectivity index is 0.00000289. The lowest BCUT2D eigenvalue weighted by Gasteiger charge is -2.20. The average Bonchev–Trinajstić information content (AvgIpc) is 2.32. The van der Waals surface area contributed by atoms with E-state index in [0.29, 0.717) is 6.42 Å². The van der Waals surface area contributed by atoms with E-state index in [0.717, 1.165) is 0 Å². The summed E-state index contributed by atoms with van der Waals surface area (Å²) in [5, 5.41) is 0. The van der Waals surface area contributed by atoms with E-state index in [1.807, 2.05) is 0 Å². The van der Waals surface area contributed by atoms with Crippen LogP contribution in [0.4, 0.5) is 22.0 Å². The zero-order valence-electron chi connectivity index (χ0n) is 9.74. The second-order valence-corrected chi connectivity index (χ2v) is 3.89. The van der Waals surface area contributed by atoms with Gasteiger partial charge in [0.1, 0.15) is 0 Å². The Hall–Kier alpha value is -0.880. The van der Waals surface area contributed by atoms with Crippen molar-refractivity contribution < 1.29 is 22.0 Å². The van der Waals surface area contributed by atoms with Crippen LogP contribution in [0.15, 0.2) is 0 Å². The van der Waals surface area contributed by atoms with E-state index < -0.39 is 46.6 Å². The molecule has 1 aromatic carbocycles. The van der Waals surface area contributed by atoms with Crippen LogP contribution in [-0.2, 0) is 0 Å². The number of hydrogen-bond acceptors (Lipinski definition) is 1. The van der Waals surface area contributed by atoms with Crippen LogP contribution in [0.5, 0.6) is 0 Å². The highest BCUT2D eigenvalue weighted by atomic mass is 35.5. The number of rotatable bonds is 3. The monoisotopic (exact) mass is 289 g/mol. The predicted molar refractivity (Wildman–Crippen MR) is 59.9 cm³/mol. The molecule has 0 fully saturated rings. The number of nitrogens with two attached hydrogens (primary N) is 1. The van der Waals surface area contributed by atoms with Gasteiger partial charge < -0.3 is 5.73 Å².